The van der Waals surface area contributed by atoms with Gasteiger partial charge in [-0.05, 0) is 18.8 Å². The Kier molecular flexibility index (Phi) is 5.66. The number of carbonyl (C=O) groups is 2. The van der Waals surface area contributed by atoms with Crippen LogP contribution in [0, 0.1) is 11.3 Å². The second kappa shape index (κ2) is 6.03. The minimum Gasteiger partial charge on any atom is -0.481 e. The Morgan fingerprint density at radius 1 is 1.29 bits per heavy atom. The van der Waals surface area contributed by atoms with Gasteiger partial charge in [0.25, 0.3) is 0 Å². The van der Waals surface area contributed by atoms with E-state index in [1.807, 2.05) is 13.8 Å². The number of amides is 1. The standard InChI is InChI=1S/C13H25NO3/c1-7-8-9(2)14(6)11(15)10(12(16)17)13(3,4)5/h9-10H,7-8H2,1-6H3,(H,16,17). The lowest BCUT2D eigenvalue weighted by Gasteiger charge is -2.33. The first-order valence-electron chi connectivity index (χ1n) is 6.12. The normalized spacial score (nSPS) is 15.2. The molecule has 2 unspecified atom stereocenters. The fourth-order valence-corrected chi connectivity index (χ4v) is 1.88. The summed E-state index contributed by atoms with van der Waals surface area (Å²) in [5.41, 5.74) is -0.566. The van der Waals surface area contributed by atoms with Crippen LogP contribution in [0.3, 0.4) is 0 Å². The van der Waals surface area contributed by atoms with E-state index in [1.54, 1.807) is 32.7 Å². The van der Waals surface area contributed by atoms with Crippen LogP contribution in [-0.4, -0.2) is 35.0 Å². The molecule has 0 aromatic heterocycles. The molecule has 0 bridgehead atoms. The minimum atomic E-state index is -1.04. The highest BCUT2D eigenvalue weighted by atomic mass is 16.4. The molecule has 1 amide bonds. The van der Waals surface area contributed by atoms with E-state index in [-0.39, 0.29) is 11.9 Å². The molecule has 0 radical (unpaired) electrons. The van der Waals surface area contributed by atoms with Gasteiger partial charge in [0.05, 0.1) is 0 Å². The lowest BCUT2D eigenvalue weighted by Crippen LogP contribution is -2.46. The molecular weight excluding hydrogens is 218 g/mol. The molecule has 0 spiro atoms. The molecule has 0 fully saturated rings. The molecule has 100 valence electrons. The van der Waals surface area contributed by atoms with Crippen molar-refractivity contribution in [2.75, 3.05) is 7.05 Å². The number of carboxylic acid groups (broad SMARTS) is 1. The maximum atomic E-state index is 12.2. The summed E-state index contributed by atoms with van der Waals surface area (Å²) < 4.78 is 0. The molecule has 1 N–H and O–H groups in total. The van der Waals surface area contributed by atoms with E-state index in [0.29, 0.717) is 0 Å². The van der Waals surface area contributed by atoms with E-state index < -0.39 is 17.3 Å². The molecule has 0 aliphatic heterocycles. The molecule has 2 atom stereocenters. The predicted molar refractivity (Wildman–Crippen MR) is 67.7 cm³/mol. The first kappa shape index (κ1) is 15.9. The van der Waals surface area contributed by atoms with Crippen molar-refractivity contribution in [3.8, 4) is 0 Å². The van der Waals surface area contributed by atoms with Gasteiger partial charge in [0.15, 0.2) is 0 Å². The average Bonchev–Trinajstić information content (AvgIpc) is 2.13. The number of hydrogen-bond acceptors (Lipinski definition) is 2. The van der Waals surface area contributed by atoms with Gasteiger partial charge in [-0.1, -0.05) is 34.1 Å². The van der Waals surface area contributed by atoms with Crippen LogP contribution in [0.5, 0.6) is 0 Å². The number of aliphatic carboxylic acids is 1. The first-order chi connectivity index (χ1) is 7.62. The van der Waals surface area contributed by atoms with Crippen molar-refractivity contribution in [3.05, 3.63) is 0 Å². The summed E-state index contributed by atoms with van der Waals surface area (Å²) in [5.74, 6) is -2.32. The van der Waals surface area contributed by atoms with Crippen LogP contribution in [0.25, 0.3) is 0 Å². The van der Waals surface area contributed by atoms with Gasteiger partial charge in [-0.2, -0.15) is 0 Å². The molecule has 0 rings (SSSR count). The number of nitrogens with zero attached hydrogens (tertiary/aromatic N) is 1. The monoisotopic (exact) mass is 243 g/mol. The predicted octanol–water partition coefficient (Wildman–Crippen LogP) is 2.38. The molecule has 0 aromatic rings. The van der Waals surface area contributed by atoms with E-state index in [4.69, 9.17) is 0 Å². The zero-order valence-electron chi connectivity index (χ0n) is 11.8. The number of carboxylic acids is 1. The lowest BCUT2D eigenvalue weighted by molar-refractivity contribution is -0.156. The van der Waals surface area contributed by atoms with Gasteiger partial charge in [-0.3, -0.25) is 9.59 Å². The Morgan fingerprint density at radius 2 is 1.76 bits per heavy atom. The van der Waals surface area contributed by atoms with Gasteiger partial charge in [0, 0.05) is 13.1 Å². The van der Waals surface area contributed by atoms with Crippen LogP contribution < -0.4 is 0 Å². The van der Waals surface area contributed by atoms with Gasteiger partial charge in [-0.25, -0.2) is 0 Å². The van der Waals surface area contributed by atoms with Crippen molar-refractivity contribution >= 4 is 11.9 Å². The van der Waals surface area contributed by atoms with Crippen LogP contribution in [0.4, 0.5) is 0 Å². The second-order valence-corrected chi connectivity index (χ2v) is 5.72. The molecule has 4 heteroatoms. The third-order valence-electron chi connectivity index (χ3n) is 3.08. The molecule has 0 saturated heterocycles. The van der Waals surface area contributed by atoms with E-state index in [2.05, 4.69) is 0 Å². The lowest BCUT2D eigenvalue weighted by atomic mass is 9.79. The first-order valence-corrected chi connectivity index (χ1v) is 6.12. The summed E-state index contributed by atoms with van der Waals surface area (Å²) in [4.78, 5) is 25.0. The second-order valence-electron chi connectivity index (χ2n) is 5.72. The maximum absolute atomic E-state index is 12.2. The maximum Gasteiger partial charge on any atom is 0.316 e. The van der Waals surface area contributed by atoms with Crippen LogP contribution in [0.1, 0.15) is 47.5 Å². The van der Waals surface area contributed by atoms with E-state index in [1.165, 1.54) is 0 Å². The Balaban J connectivity index is 4.92. The highest BCUT2D eigenvalue weighted by Gasteiger charge is 2.40. The van der Waals surface area contributed by atoms with Gasteiger partial charge < -0.3 is 10.0 Å². The zero-order valence-corrected chi connectivity index (χ0v) is 11.8. The topological polar surface area (TPSA) is 57.6 Å². The van der Waals surface area contributed by atoms with Gasteiger partial charge in [0.1, 0.15) is 5.92 Å². The van der Waals surface area contributed by atoms with Crippen LogP contribution in [0.2, 0.25) is 0 Å². The fraction of sp³-hybridized carbons (Fsp3) is 0.846. The average molecular weight is 243 g/mol. The van der Waals surface area contributed by atoms with Crippen molar-refractivity contribution in [3.63, 3.8) is 0 Å². The third kappa shape index (κ3) is 4.36. The van der Waals surface area contributed by atoms with E-state index >= 15 is 0 Å². The Bertz CT molecular complexity index is 281. The Labute approximate surface area is 104 Å². The van der Waals surface area contributed by atoms with E-state index in [0.717, 1.165) is 12.8 Å². The largest absolute Gasteiger partial charge is 0.481 e. The molecule has 0 saturated carbocycles. The summed E-state index contributed by atoms with van der Waals surface area (Å²) >= 11 is 0. The summed E-state index contributed by atoms with van der Waals surface area (Å²) in [6, 6.07) is 0.0803. The third-order valence-corrected chi connectivity index (χ3v) is 3.08. The van der Waals surface area contributed by atoms with E-state index in [9.17, 15) is 14.7 Å². The van der Waals surface area contributed by atoms with Gasteiger partial charge in [0.2, 0.25) is 5.91 Å². The molecule has 0 aromatic carbocycles. The molecule has 0 heterocycles. The Morgan fingerprint density at radius 3 is 2.06 bits per heavy atom. The quantitative estimate of drug-likeness (QED) is 0.754. The molecule has 0 aliphatic carbocycles. The molecule has 17 heavy (non-hydrogen) atoms. The molecular formula is C13H25NO3. The summed E-state index contributed by atoms with van der Waals surface area (Å²) in [5, 5.41) is 9.19. The van der Waals surface area contributed by atoms with Crippen molar-refractivity contribution in [1.82, 2.24) is 4.90 Å². The van der Waals surface area contributed by atoms with Crippen molar-refractivity contribution in [2.45, 2.75) is 53.5 Å². The zero-order chi connectivity index (χ0) is 13.8. The van der Waals surface area contributed by atoms with Crippen molar-refractivity contribution in [2.24, 2.45) is 11.3 Å². The highest BCUT2D eigenvalue weighted by molar-refractivity contribution is 5.97. The SMILES string of the molecule is CCCC(C)N(C)C(=O)C(C(=O)O)C(C)(C)C. The number of rotatable bonds is 5. The number of hydrogen-bond donors (Lipinski definition) is 1. The summed E-state index contributed by atoms with van der Waals surface area (Å²) in [7, 11) is 1.68. The fourth-order valence-electron chi connectivity index (χ4n) is 1.88. The smallest absolute Gasteiger partial charge is 0.316 e. The van der Waals surface area contributed by atoms with Crippen LogP contribution in [0.15, 0.2) is 0 Å². The van der Waals surface area contributed by atoms with Gasteiger partial charge >= 0.3 is 5.97 Å². The molecule has 4 nitrogen and oxygen atoms in total. The molecule has 0 aliphatic rings. The Hall–Kier alpha value is -1.06. The highest BCUT2D eigenvalue weighted by Crippen LogP contribution is 2.28. The van der Waals surface area contributed by atoms with Crippen molar-refractivity contribution in [1.29, 1.82) is 0 Å². The summed E-state index contributed by atoms with van der Waals surface area (Å²) in [6.07, 6.45) is 1.87. The van der Waals surface area contributed by atoms with Crippen LogP contribution >= 0.6 is 0 Å². The number of carbonyl (C=O) groups excluding carboxylic acids is 1. The van der Waals surface area contributed by atoms with Crippen molar-refractivity contribution < 1.29 is 14.7 Å². The summed E-state index contributed by atoms with van der Waals surface area (Å²) in [6.45, 7) is 9.34. The van der Waals surface area contributed by atoms with Gasteiger partial charge in [-0.15, -0.1) is 0 Å². The minimum absolute atomic E-state index is 0.0803. The van der Waals surface area contributed by atoms with Crippen LogP contribution in [-0.2, 0) is 9.59 Å².